The predicted molar refractivity (Wildman–Crippen MR) is 117 cm³/mol. The Morgan fingerprint density at radius 1 is 1.14 bits per heavy atom. The molecule has 1 heterocycles. The number of sulfonamides is 1. The van der Waals surface area contributed by atoms with Gasteiger partial charge in [0.25, 0.3) is 5.91 Å². The van der Waals surface area contributed by atoms with Crippen LogP contribution >= 0.6 is 11.3 Å². The lowest BCUT2D eigenvalue weighted by Crippen LogP contribution is -2.33. The van der Waals surface area contributed by atoms with Crippen molar-refractivity contribution < 1.29 is 13.2 Å². The molecule has 29 heavy (non-hydrogen) atoms. The van der Waals surface area contributed by atoms with Gasteiger partial charge >= 0.3 is 0 Å². The molecule has 1 aromatic heterocycles. The molecule has 0 spiro atoms. The van der Waals surface area contributed by atoms with Gasteiger partial charge < -0.3 is 0 Å². The molecule has 0 aliphatic heterocycles. The van der Waals surface area contributed by atoms with Crippen molar-refractivity contribution in [3.05, 3.63) is 65.0 Å². The van der Waals surface area contributed by atoms with Crippen LogP contribution < -0.4 is 5.32 Å². The molecule has 1 N–H and O–H groups in total. The van der Waals surface area contributed by atoms with Crippen molar-refractivity contribution in [3.8, 4) is 11.3 Å². The van der Waals surface area contributed by atoms with Gasteiger partial charge in [0, 0.05) is 29.6 Å². The van der Waals surface area contributed by atoms with Gasteiger partial charge in [-0.2, -0.15) is 4.31 Å². The molecular formula is C21H23N3O3S2. The van der Waals surface area contributed by atoms with Gasteiger partial charge in [0.1, 0.15) is 0 Å². The van der Waals surface area contributed by atoms with Crippen molar-refractivity contribution in [2.45, 2.75) is 31.7 Å². The largest absolute Gasteiger partial charge is 0.298 e. The fourth-order valence-electron chi connectivity index (χ4n) is 2.73. The van der Waals surface area contributed by atoms with Crippen LogP contribution in [0.3, 0.4) is 0 Å². The number of hydrogen-bond acceptors (Lipinski definition) is 5. The zero-order chi connectivity index (χ0) is 21.2. The van der Waals surface area contributed by atoms with E-state index in [0.717, 1.165) is 16.8 Å². The van der Waals surface area contributed by atoms with Gasteiger partial charge in [-0.05, 0) is 44.5 Å². The number of nitrogens with one attached hydrogen (secondary N) is 1. The van der Waals surface area contributed by atoms with Crippen LogP contribution in [0.4, 0.5) is 5.13 Å². The van der Waals surface area contributed by atoms with E-state index >= 15 is 0 Å². The Balaban J connectivity index is 1.82. The summed E-state index contributed by atoms with van der Waals surface area (Å²) in [6, 6.07) is 13.7. The van der Waals surface area contributed by atoms with Crippen molar-refractivity contribution in [1.82, 2.24) is 9.29 Å². The van der Waals surface area contributed by atoms with Gasteiger partial charge in [-0.25, -0.2) is 13.4 Å². The minimum absolute atomic E-state index is 0.0843. The molecule has 0 bridgehead atoms. The van der Waals surface area contributed by atoms with E-state index in [2.05, 4.69) is 10.3 Å². The van der Waals surface area contributed by atoms with Crippen LogP contribution in [-0.4, -0.2) is 36.7 Å². The maximum atomic E-state index is 12.7. The molecule has 1 amide bonds. The average molecular weight is 430 g/mol. The van der Waals surface area contributed by atoms with Crippen molar-refractivity contribution in [1.29, 1.82) is 0 Å². The first kappa shape index (κ1) is 21.2. The van der Waals surface area contributed by atoms with Crippen LogP contribution in [0.15, 0.2) is 58.8 Å². The second kappa shape index (κ2) is 8.44. The highest BCUT2D eigenvalue weighted by molar-refractivity contribution is 7.89. The van der Waals surface area contributed by atoms with E-state index in [1.54, 1.807) is 26.0 Å². The first-order valence-electron chi connectivity index (χ1n) is 9.11. The quantitative estimate of drug-likeness (QED) is 0.630. The number of benzene rings is 2. The Morgan fingerprint density at radius 3 is 2.55 bits per heavy atom. The Hall–Kier alpha value is -2.55. The van der Waals surface area contributed by atoms with Crippen molar-refractivity contribution in [2.24, 2.45) is 0 Å². The monoisotopic (exact) mass is 429 g/mol. The smallest absolute Gasteiger partial charge is 0.257 e. The predicted octanol–water partition coefficient (Wildman–Crippen LogP) is 4.40. The molecule has 152 valence electrons. The number of thiazole rings is 1. The highest BCUT2D eigenvalue weighted by Gasteiger charge is 2.24. The summed E-state index contributed by atoms with van der Waals surface area (Å²) in [5, 5.41) is 5.10. The maximum Gasteiger partial charge on any atom is 0.257 e. The Labute approximate surface area is 175 Å². The average Bonchev–Trinajstić information content (AvgIpc) is 3.15. The Kier molecular flexibility index (Phi) is 6.16. The highest BCUT2D eigenvalue weighted by atomic mass is 32.2. The molecule has 0 radical (unpaired) electrons. The molecule has 3 aromatic rings. The van der Waals surface area contributed by atoms with Gasteiger partial charge in [-0.3, -0.25) is 10.1 Å². The number of amides is 1. The molecule has 8 heteroatoms. The van der Waals surface area contributed by atoms with Crippen molar-refractivity contribution >= 4 is 32.4 Å². The molecule has 2 aromatic carbocycles. The van der Waals surface area contributed by atoms with E-state index in [-0.39, 0.29) is 16.5 Å². The molecule has 6 nitrogen and oxygen atoms in total. The van der Waals surface area contributed by atoms with E-state index in [0.29, 0.717) is 5.13 Å². The second-order valence-corrected chi connectivity index (χ2v) is 9.81. The first-order valence-corrected chi connectivity index (χ1v) is 11.4. The van der Waals surface area contributed by atoms with E-state index in [1.807, 2.05) is 36.6 Å². The van der Waals surface area contributed by atoms with E-state index < -0.39 is 15.9 Å². The van der Waals surface area contributed by atoms with Crippen molar-refractivity contribution in [2.75, 3.05) is 12.4 Å². The van der Waals surface area contributed by atoms with Crippen LogP contribution in [-0.2, 0) is 10.0 Å². The number of carbonyl (C=O) groups is 1. The lowest BCUT2D eigenvalue weighted by atomic mass is 10.1. The Bertz CT molecular complexity index is 1140. The lowest BCUT2D eigenvalue weighted by molar-refractivity contribution is 0.102. The summed E-state index contributed by atoms with van der Waals surface area (Å²) in [6.45, 7) is 5.60. The highest BCUT2D eigenvalue weighted by Crippen LogP contribution is 2.27. The third-order valence-electron chi connectivity index (χ3n) is 4.65. The zero-order valence-electron chi connectivity index (χ0n) is 16.7. The minimum atomic E-state index is -3.66. The van der Waals surface area contributed by atoms with Crippen LogP contribution in [0.1, 0.15) is 29.8 Å². The van der Waals surface area contributed by atoms with Crippen LogP contribution in [0.25, 0.3) is 11.3 Å². The summed E-state index contributed by atoms with van der Waals surface area (Å²) in [4.78, 5) is 17.2. The molecule has 0 unspecified atom stereocenters. The molecule has 0 saturated carbocycles. The van der Waals surface area contributed by atoms with Gasteiger partial charge in [-0.15, -0.1) is 11.3 Å². The zero-order valence-corrected chi connectivity index (χ0v) is 18.3. The minimum Gasteiger partial charge on any atom is -0.298 e. The SMILES string of the molecule is Cc1ccccc1-c1csc(NC(=O)c2cccc(S(=O)(=O)N(C)C(C)C)c2)n1. The van der Waals surface area contributed by atoms with Crippen LogP contribution in [0.2, 0.25) is 0 Å². The normalized spacial score (nSPS) is 11.8. The first-order chi connectivity index (χ1) is 13.7. The topological polar surface area (TPSA) is 79.4 Å². The summed E-state index contributed by atoms with van der Waals surface area (Å²) in [7, 11) is -2.14. The summed E-state index contributed by atoms with van der Waals surface area (Å²) < 4.78 is 26.6. The van der Waals surface area contributed by atoms with Gasteiger partial charge in [0.15, 0.2) is 5.13 Å². The molecule has 3 rings (SSSR count). The molecule has 0 atom stereocenters. The number of aromatic nitrogens is 1. The number of rotatable bonds is 6. The molecular weight excluding hydrogens is 406 g/mol. The van der Waals surface area contributed by atoms with Crippen LogP contribution in [0, 0.1) is 6.92 Å². The lowest BCUT2D eigenvalue weighted by Gasteiger charge is -2.21. The maximum absolute atomic E-state index is 12.7. The van der Waals surface area contributed by atoms with Gasteiger partial charge in [0.2, 0.25) is 10.0 Å². The van der Waals surface area contributed by atoms with Gasteiger partial charge in [-0.1, -0.05) is 30.3 Å². The fraction of sp³-hybridized carbons (Fsp3) is 0.238. The number of carbonyl (C=O) groups excluding carboxylic acids is 1. The number of hydrogen-bond donors (Lipinski definition) is 1. The molecule has 0 aliphatic carbocycles. The van der Waals surface area contributed by atoms with E-state index in [1.165, 1.54) is 34.8 Å². The van der Waals surface area contributed by atoms with Crippen molar-refractivity contribution in [3.63, 3.8) is 0 Å². The Morgan fingerprint density at radius 2 is 1.86 bits per heavy atom. The third-order valence-corrected chi connectivity index (χ3v) is 7.43. The molecule has 0 saturated heterocycles. The number of nitrogens with zero attached hydrogens (tertiary/aromatic N) is 2. The molecule has 0 fully saturated rings. The third kappa shape index (κ3) is 4.55. The number of anilines is 1. The number of aryl methyl sites for hydroxylation is 1. The summed E-state index contributed by atoms with van der Waals surface area (Å²) in [5.74, 6) is -0.403. The van der Waals surface area contributed by atoms with E-state index in [9.17, 15) is 13.2 Å². The molecule has 0 aliphatic rings. The summed E-state index contributed by atoms with van der Waals surface area (Å²) >= 11 is 1.33. The summed E-state index contributed by atoms with van der Waals surface area (Å²) in [5.41, 5.74) is 3.16. The van der Waals surface area contributed by atoms with Gasteiger partial charge in [0.05, 0.1) is 10.6 Å². The standard InChI is InChI=1S/C21H23N3O3S2/c1-14(2)24(4)29(26,27)17-10-7-9-16(12-17)20(25)23-21-22-19(13-28-21)18-11-6-5-8-15(18)3/h5-14H,1-4H3,(H,22,23,25). The fourth-order valence-corrected chi connectivity index (χ4v) is 4.85. The summed E-state index contributed by atoms with van der Waals surface area (Å²) in [6.07, 6.45) is 0. The second-order valence-electron chi connectivity index (χ2n) is 6.95. The van der Waals surface area contributed by atoms with E-state index in [4.69, 9.17) is 0 Å². The van der Waals surface area contributed by atoms with Crippen LogP contribution in [0.5, 0.6) is 0 Å².